The Labute approximate surface area is 146 Å². The number of rotatable bonds is 3. The Bertz CT molecular complexity index is 832. The molecule has 0 aliphatic carbocycles. The van der Waals surface area contributed by atoms with Crippen LogP contribution >= 0.6 is 0 Å². The second kappa shape index (κ2) is 6.81. The Morgan fingerprint density at radius 1 is 1.19 bits per heavy atom. The van der Waals surface area contributed by atoms with Crippen molar-refractivity contribution in [3.05, 3.63) is 47.8 Å². The number of halogens is 3. The molecule has 1 aromatic carbocycles. The molecule has 3 rings (SSSR count). The van der Waals surface area contributed by atoms with Crippen LogP contribution < -0.4 is 0 Å². The highest BCUT2D eigenvalue weighted by molar-refractivity contribution is 5.97. The molecule has 0 saturated carbocycles. The number of hydrogen-bond donors (Lipinski definition) is 1. The summed E-state index contributed by atoms with van der Waals surface area (Å²) in [5.74, 6) is -1.52. The van der Waals surface area contributed by atoms with Crippen molar-refractivity contribution in [3.63, 3.8) is 0 Å². The fraction of sp³-hybridized carbons (Fsp3) is 0.353. The summed E-state index contributed by atoms with van der Waals surface area (Å²) in [7, 11) is 0. The average Bonchev–Trinajstić information content (AvgIpc) is 3.12. The van der Waals surface area contributed by atoms with Gasteiger partial charge < -0.3 is 10.0 Å². The lowest BCUT2D eigenvalue weighted by atomic mass is 10.0. The van der Waals surface area contributed by atoms with Gasteiger partial charge in [-0.25, -0.2) is 9.48 Å². The Morgan fingerprint density at radius 2 is 1.96 bits per heavy atom. The standard InChI is InChI=1S/C17H16F3N3O3/c18-17(19,20)14-7-9-23(21-14)12-5-3-4-11(10-12)15(24)22-8-2-1-6-13(22)16(25)26/h3-5,7,9-10,13H,1-2,6,8H2,(H,25,26)/t13-/m0/s1. The van der Waals surface area contributed by atoms with Gasteiger partial charge in [-0.05, 0) is 43.5 Å². The highest BCUT2D eigenvalue weighted by Gasteiger charge is 2.34. The van der Waals surface area contributed by atoms with Crippen molar-refractivity contribution in [2.75, 3.05) is 6.54 Å². The van der Waals surface area contributed by atoms with Gasteiger partial charge in [-0.3, -0.25) is 4.79 Å². The Hall–Kier alpha value is -2.84. The van der Waals surface area contributed by atoms with Crippen LogP contribution in [-0.2, 0) is 11.0 Å². The molecule has 2 heterocycles. The molecule has 6 nitrogen and oxygen atoms in total. The maximum absolute atomic E-state index is 12.7. The zero-order chi connectivity index (χ0) is 18.9. The minimum absolute atomic E-state index is 0.208. The van der Waals surface area contributed by atoms with Gasteiger partial charge in [-0.15, -0.1) is 0 Å². The van der Waals surface area contributed by atoms with E-state index in [1.54, 1.807) is 0 Å². The van der Waals surface area contributed by atoms with Gasteiger partial charge in [0.1, 0.15) is 6.04 Å². The van der Waals surface area contributed by atoms with Crippen LogP contribution in [0.5, 0.6) is 0 Å². The van der Waals surface area contributed by atoms with Gasteiger partial charge in [0.2, 0.25) is 0 Å². The Morgan fingerprint density at radius 3 is 2.62 bits per heavy atom. The number of carboxylic acids is 1. The lowest BCUT2D eigenvalue weighted by Crippen LogP contribution is -2.48. The lowest BCUT2D eigenvalue weighted by molar-refractivity contribution is -0.143. The summed E-state index contributed by atoms with van der Waals surface area (Å²) in [6, 6.07) is 5.92. The monoisotopic (exact) mass is 367 g/mol. The largest absolute Gasteiger partial charge is 0.480 e. The SMILES string of the molecule is O=C(O)[C@@H]1CCCCN1C(=O)c1cccc(-n2ccc(C(F)(F)F)n2)c1. The van der Waals surface area contributed by atoms with Crippen molar-refractivity contribution >= 4 is 11.9 Å². The molecule has 1 atom stereocenters. The molecule has 0 unspecified atom stereocenters. The van der Waals surface area contributed by atoms with E-state index in [1.165, 1.54) is 29.2 Å². The van der Waals surface area contributed by atoms with E-state index in [0.29, 0.717) is 19.4 Å². The first-order valence-corrected chi connectivity index (χ1v) is 8.04. The van der Waals surface area contributed by atoms with Gasteiger partial charge in [-0.2, -0.15) is 18.3 Å². The zero-order valence-electron chi connectivity index (χ0n) is 13.6. The fourth-order valence-electron chi connectivity index (χ4n) is 3.00. The summed E-state index contributed by atoms with van der Waals surface area (Å²) < 4.78 is 39.1. The van der Waals surface area contributed by atoms with E-state index < -0.39 is 29.8 Å². The second-order valence-corrected chi connectivity index (χ2v) is 6.04. The number of aromatic nitrogens is 2. The minimum atomic E-state index is -4.55. The first kappa shape index (κ1) is 18.0. The molecular formula is C17H16F3N3O3. The average molecular weight is 367 g/mol. The van der Waals surface area contributed by atoms with Crippen LogP contribution in [0.25, 0.3) is 5.69 Å². The topological polar surface area (TPSA) is 75.4 Å². The minimum Gasteiger partial charge on any atom is -0.480 e. The van der Waals surface area contributed by atoms with E-state index in [4.69, 9.17) is 0 Å². The number of alkyl halides is 3. The molecule has 1 amide bonds. The van der Waals surface area contributed by atoms with Crippen molar-refractivity contribution in [2.45, 2.75) is 31.5 Å². The number of aliphatic carboxylic acids is 1. The Balaban J connectivity index is 1.88. The van der Waals surface area contributed by atoms with Gasteiger partial charge in [0, 0.05) is 18.3 Å². The number of carbonyl (C=O) groups excluding carboxylic acids is 1. The maximum atomic E-state index is 12.7. The highest BCUT2D eigenvalue weighted by atomic mass is 19.4. The highest BCUT2D eigenvalue weighted by Crippen LogP contribution is 2.28. The maximum Gasteiger partial charge on any atom is 0.435 e. The quantitative estimate of drug-likeness (QED) is 0.905. The molecule has 2 aromatic rings. The van der Waals surface area contributed by atoms with Crippen molar-refractivity contribution < 1.29 is 27.9 Å². The molecule has 0 spiro atoms. The van der Waals surface area contributed by atoms with E-state index in [1.807, 2.05) is 0 Å². The number of benzene rings is 1. The molecule has 1 N–H and O–H groups in total. The third-order valence-electron chi connectivity index (χ3n) is 4.29. The lowest BCUT2D eigenvalue weighted by Gasteiger charge is -2.33. The summed E-state index contributed by atoms with van der Waals surface area (Å²) in [4.78, 5) is 25.4. The van der Waals surface area contributed by atoms with E-state index in [9.17, 15) is 27.9 Å². The van der Waals surface area contributed by atoms with Gasteiger partial charge in [0.15, 0.2) is 5.69 Å². The van der Waals surface area contributed by atoms with Gasteiger partial charge in [-0.1, -0.05) is 6.07 Å². The summed E-state index contributed by atoms with van der Waals surface area (Å²) >= 11 is 0. The van der Waals surface area contributed by atoms with E-state index >= 15 is 0 Å². The molecular weight excluding hydrogens is 351 g/mol. The summed E-state index contributed by atoms with van der Waals surface area (Å²) in [5.41, 5.74) is -0.536. The van der Waals surface area contributed by atoms with Crippen LogP contribution in [0.3, 0.4) is 0 Å². The third-order valence-corrected chi connectivity index (χ3v) is 4.29. The van der Waals surface area contributed by atoms with Crippen LogP contribution in [0.15, 0.2) is 36.5 Å². The second-order valence-electron chi connectivity index (χ2n) is 6.04. The molecule has 9 heteroatoms. The van der Waals surface area contributed by atoms with Crippen molar-refractivity contribution in [1.82, 2.24) is 14.7 Å². The van der Waals surface area contributed by atoms with Gasteiger partial charge in [0.05, 0.1) is 5.69 Å². The predicted molar refractivity (Wildman–Crippen MR) is 84.9 cm³/mol. The number of amides is 1. The van der Waals surface area contributed by atoms with E-state index in [-0.39, 0.29) is 11.3 Å². The van der Waals surface area contributed by atoms with Crippen molar-refractivity contribution in [3.8, 4) is 5.69 Å². The van der Waals surface area contributed by atoms with Gasteiger partial charge >= 0.3 is 12.1 Å². The number of hydrogen-bond acceptors (Lipinski definition) is 3. The summed E-state index contributed by atoms with van der Waals surface area (Å²) in [5, 5.41) is 12.8. The van der Waals surface area contributed by atoms with Crippen LogP contribution in [0.1, 0.15) is 35.3 Å². The zero-order valence-corrected chi connectivity index (χ0v) is 13.6. The predicted octanol–water partition coefficient (Wildman–Crippen LogP) is 2.97. The van der Waals surface area contributed by atoms with E-state index in [0.717, 1.165) is 23.4 Å². The molecule has 1 fully saturated rings. The van der Waals surface area contributed by atoms with Crippen LogP contribution in [-0.4, -0.2) is 44.3 Å². The molecule has 138 valence electrons. The number of carboxylic acid groups (broad SMARTS) is 1. The van der Waals surface area contributed by atoms with Crippen molar-refractivity contribution in [1.29, 1.82) is 0 Å². The third kappa shape index (κ3) is 3.56. The molecule has 26 heavy (non-hydrogen) atoms. The molecule has 0 bridgehead atoms. The molecule has 0 radical (unpaired) electrons. The number of piperidine rings is 1. The molecule has 1 aromatic heterocycles. The Kier molecular flexibility index (Phi) is 4.71. The van der Waals surface area contributed by atoms with E-state index in [2.05, 4.69) is 5.10 Å². The summed E-state index contributed by atoms with van der Waals surface area (Å²) in [6.07, 6.45) is -1.57. The molecule has 1 aliphatic rings. The van der Waals surface area contributed by atoms with Gasteiger partial charge in [0.25, 0.3) is 5.91 Å². The van der Waals surface area contributed by atoms with Crippen LogP contribution in [0.4, 0.5) is 13.2 Å². The first-order chi connectivity index (χ1) is 12.3. The molecule has 1 saturated heterocycles. The number of carbonyl (C=O) groups is 2. The fourth-order valence-corrected chi connectivity index (χ4v) is 3.00. The summed E-state index contributed by atoms with van der Waals surface area (Å²) in [6.45, 7) is 0.333. The van der Waals surface area contributed by atoms with Crippen molar-refractivity contribution in [2.24, 2.45) is 0 Å². The number of nitrogens with zero attached hydrogens (tertiary/aromatic N) is 3. The normalized spacial score (nSPS) is 18.0. The first-order valence-electron chi connectivity index (χ1n) is 8.04. The van der Waals surface area contributed by atoms with Crippen LogP contribution in [0, 0.1) is 0 Å². The van der Waals surface area contributed by atoms with Crippen LogP contribution in [0.2, 0.25) is 0 Å². The number of likely N-dealkylation sites (tertiary alicyclic amines) is 1. The molecule has 1 aliphatic heterocycles. The smallest absolute Gasteiger partial charge is 0.435 e.